The van der Waals surface area contributed by atoms with Crippen LogP contribution in [-0.4, -0.2) is 62.0 Å². The lowest BCUT2D eigenvalue weighted by atomic mass is 10.2. The van der Waals surface area contributed by atoms with E-state index in [4.69, 9.17) is 14.6 Å². The van der Waals surface area contributed by atoms with Gasteiger partial charge >= 0.3 is 0 Å². The van der Waals surface area contributed by atoms with Crippen molar-refractivity contribution in [3.05, 3.63) is 21.9 Å². The number of aliphatic hydroxyl groups is 1. The quantitative estimate of drug-likeness (QED) is 0.829. The molecule has 0 bridgehead atoms. The predicted molar refractivity (Wildman–Crippen MR) is 75.8 cm³/mol. The van der Waals surface area contributed by atoms with Crippen LogP contribution in [0.2, 0.25) is 0 Å². The molecule has 0 aliphatic carbocycles. The molecule has 0 spiro atoms. The molecule has 1 N–H and O–H groups in total. The smallest absolute Gasteiger partial charge is 0.265 e. The molecule has 2 atom stereocenters. The maximum Gasteiger partial charge on any atom is 0.265 e. The van der Waals surface area contributed by atoms with Crippen molar-refractivity contribution in [2.75, 3.05) is 33.9 Å². The van der Waals surface area contributed by atoms with E-state index in [2.05, 4.69) is 11.8 Å². The fourth-order valence-electron chi connectivity index (χ4n) is 2.21. The van der Waals surface area contributed by atoms with Crippen LogP contribution in [0.15, 0.2) is 11.4 Å². The Labute approximate surface area is 122 Å². The first-order chi connectivity index (χ1) is 9.71. The highest BCUT2D eigenvalue weighted by Gasteiger charge is 2.36. The number of carbonyl (C=O) groups is 1. The van der Waals surface area contributed by atoms with Crippen LogP contribution >= 0.6 is 11.3 Å². The van der Waals surface area contributed by atoms with E-state index in [-0.39, 0.29) is 24.7 Å². The molecule has 1 aliphatic heterocycles. The third-order valence-corrected chi connectivity index (χ3v) is 4.17. The molecule has 0 saturated carbocycles. The first kappa shape index (κ1) is 15.0. The summed E-state index contributed by atoms with van der Waals surface area (Å²) in [6.45, 7) is 0.807. The highest BCUT2D eigenvalue weighted by Crippen LogP contribution is 2.23. The van der Waals surface area contributed by atoms with E-state index in [1.807, 2.05) is 5.38 Å². The SMILES string of the molecule is COC1CN(C(=O)c2sccc2C#CCO)CC1OC. The van der Waals surface area contributed by atoms with Gasteiger partial charge < -0.3 is 19.5 Å². The highest BCUT2D eigenvalue weighted by molar-refractivity contribution is 7.12. The molecule has 5 nitrogen and oxygen atoms in total. The second-order valence-electron chi connectivity index (χ2n) is 4.38. The van der Waals surface area contributed by atoms with Crippen molar-refractivity contribution in [3.63, 3.8) is 0 Å². The molecular weight excluding hydrogens is 278 g/mol. The second-order valence-corrected chi connectivity index (χ2v) is 5.30. The maximum atomic E-state index is 12.5. The number of hydrogen-bond donors (Lipinski definition) is 1. The lowest BCUT2D eigenvalue weighted by molar-refractivity contribution is -0.00461. The minimum Gasteiger partial charge on any atom is -0.384 e. The summed E-state index contributed by atoms with van der Waals surface area (Å²) in [5.41, 5.74) is 0.656. The van der Waals surface area contributed by atoms with Crippen molar-refractivity contribution in [2.24, 2.45) is 0 Å². The Morgan fingerprint density at radius 2 is 2.10 bits per heavy atom. The van der Waals surface area contributed by atoms with E-state index in [9.17, 15) is 4.79 Å². The van der Waals surface area contributed by atoms with Gasteiger partial charge in [-0.15, -0.1) is 11.3 Å². The van der Waals surface area contributed by atoms with Crippen LogP contribution in [0.3, 0.4) is 0 Å². The summed E-state index contributed by atoms with van der Waals surface area (Å²) in [5.74, 6) is 5.30. The van der Waals surface area contributed by atoms with Crippen LogP contribution in [0.1, 0.15) is 15.2 Å². The molecule has 1 fully saturated rings. The first-order valence-electron chi connectivity index (χ1n) is 6.23. The van der Waals surface area contributed by atoms with Crippen LogP contribution in [0.25, 0.3) is 0 Å². The summed E-state index contributed by atoms with van der Waals surface area (Å²) in [6.07, 6.45) is -0.202. The summed E-state index contributed by atoms with van der Waals surface area (Å²) in [7, 11) is 3.24. The molecule has 1 aliphatic rings. The fraction of sp³-hybridized carbons (Fsp3) is 0.500. The van der Waals surface area contributed by atoms with Crippen molar-refractivity contribution in [1.29, 1.82) is 0 Å². The normalized spacial score (nSPS) is 21.6. The van der Waals surface area contributed by atoms with E-state index in [0.29, 0.717) is 23.5 Å². The molecule has 108 valence electrons. The van der Waals surface area contributed by atoms with Gasteiger partial charge in [0.1, 0.15) is 23.7 Å². The standard InChI is InChI=1S/C14H17NO4S/c1-18-11-8-15(9-12(11)19-2)14(17)13-10(4-3-6-16)5-7-20-13/h5,7,11-12,16H,6,8-9H2,1-2H3. The average Bonchev–Trinajstić information content (AvgIpc) is 3.10. The van der Waals surface area contributed by atoms with Crippen molar-refractivity contribution >= 4 is 17.2 Å². The predicted octanol–water partition coefficient (Wildman–Crippen LogP) is 0.578. The van der Waals surface area contributed by atoms with Gasteiger partial charge in [-0.2, -0.15) is 0 Å². The van der Waals surface area contributed by atoms with Gasteiger partial charge in [0.15, 0.2) is 0 Å². The number of methoxy groups -OCH3 is 2. The number of nitrogens with zero attached hydrogens (tertiary/aromatic N) is 1. The summed E-state index contributed by atoms with van der Waals surface area (Å²) < 4.78 is 10.7. The van der Waals surface area contributed by atoms with Crippen LogP contribution in [-0.2, 0) is 9.47 Å². The minimum absolute atomic E-state index is 0.0659. The monoisotopic (exact) mass is 295 g/mol. The van der Waals surface area contributed by atoms with Gasteiger partial charge in [-0.25, -0.2) is 0 Å². The number of aliphatic hydroxyl groups excluding tert-OH is 1. The summed E-state index contributed by atoms with van der Waals surface area (Å²) in [4.78, 5) is 14.8. The third kappa shape index (κ3) is 3.02. The van der Waals surface area contributed by atoms with Gasteiger partial charge in [0.2, 0.25) is 0 Å². The van der Waals surface area contributed by atoms with Crippen LogP contribution in [0.5, 0.6) is 0 Å². The third-order valence-electron chi connectivity index (χ3n) is 3.27. The molecule has 0 aromatic carbocycles. The molecule has 1 aromatic rings. The highest BCUT2D eigenvalue weighted by atomic mass is 32.1. The zero-order valence-corrected chi connectivity index (χ0v) is 12.3. The van der Waals surface area contributed by atoms with Gasteiger partial charge in [0.05, 0.1) is 0 Å². The van der Waals surface area contributed by atoms with Gasteiger partial charge in [0, 0.05) is 32.9 Å². The Bertz CT molecular complexity index is 519. The van der Waals surface area contributed by atoms with E-state index >= 15 is 0 Å². The molecule has 2 rings (SSSR count). The number of rotatable bonds is 3. The number of amides is 1. The Hall–Kier alpha value is -1.39. The molecule has 0 radical (unpaired) electrons. The lowest BCUT2D eigenvalue weighted by Crippen LogP contribution is -2.29. The zero-order chi connectivity index (χ0) is 14.5. The van der Waals surface area contributed by atoms with Crippen LogP contribution in [0.4, 0.5) is 0 Å². The minimum atomic E-state index is -0.218. The molecule has 2 heterocycles. The molecule has 20 heavy (non-hydrogen) atoms. The van der Waals surface area contributed by atoms with Crippen molar-refractivity contribution in [3.8, 4) is 11.8 Å². The van der Waals surface area contributed by atoms with Crippen molar-refractivity contribution < 1.29 is 19.4 Å². The number of hydrogen-bond acceptors (Lipinski definition) is 5. The van der Waals surface area contributed by atoms with Crippen molar-refractivity contribution in [1.82, 2.24) is 4.90 Å². The van der Waals surface area contributed by atoms with Gasteiger partial charge in [-0.05, 0) is 11.4 Å². The average molecular weight is 295 g/mol. The Morgan fingerprint density at radius 1 is 1.45 bits per heavy atom. The largest absolute Gasteiger partial charge is 0.384 e. The van der Waals surface area contributed by atoms with Gasteiger partial charge in [-0.3, -0.25) is 4.79 Å². The summed E-state index contributed by atoms with van der Waals surface area (Å²) >= 11 is 1.36. The van der Waals surface area contributed by atoms with Crippen molar-refractivity contribution in [2.45, 2.75) is 12.2 Å². The molecule has 6 heteroatoms. The van der Waals surface area contributed by atoms with Gasteiger partial charge in [0.25, 0.3) is 5.91 Å². The zero-order valence-electron chi connectivity index (χ0n) is 11.5. The maximum absolute atomic E-state index is 12.5. The first-order valence-corrected chi connectivity index (χ1v) is 7.11. The van der Waals surface area contributed by atoms with E-state index in [0.717, 1.165) is 0 Å². The molecule has 2 unspecified atom stereocenters. The lowest BCUT2D eigenvalue weighted by Gasteiger charge is -2.14. The second kappa shape index (κ2) is 6.86. The molecule has 1 amide bonds. The topological polar surface area (TPSA) is 59.0 Å². The number of ether oxygens (including phenoxy) is 2. The Balaban J connectivity index is 2.15. The summed E-state index contributed by atoms with van der Waals surface area (Å²) in [5, 5.41) is 10.6. The number of thiophene rings is 1. The molecular formula is C14H17NO4S. The molecule has 1 saturated heterocycles. The Kier molecular flexibility index (Phi) is 5.15. The fourth-order valence-corrected chi connectivity index (χ4v) is 3.03. The number of likely N-dealkylation sites (tertiary alicyclic amines) is 1. The van der Waals surface area contributed by atoms with Crippen LogP contribution < -0.4 is 0 Å². The van der Waals surface area contributed by atoms with E-state index < -0.39 is 0 Å². The molecule has 1 aromatic heterocycles. The van der Waals surface area contributed by atoms with E-state index in [1.54, 1.807) is 25.2 Å². The Morgan fingerprint density at radius 3 is 2.65 bits per heavy atom. The van der Waals surface area contributed by atoms with Crippen LogP contribution in [0, 0.1) is 11.8 Å². The van der Waals surface area contributed by atoms with E-state index in [1.165, 1.54) is 11.3 Å². The summed E-state index contributed by atoms with van der Waals surface area (Å²) in [6, 6.07) is 1.79. The van der Waals surface area contributed by atoms with Gasteiger partial charge in [-0.1, -0.05) is 11.8 Å². The number of carbonyl (C=O) groups excluding carboxylic acids is 1.